The van der Waals surface area contributed by atoms with E-state index in [1.165, 1.54) is 0 Å². The number of carbonyl (C=O) groups excluding carboxylic acids is 2. The van der Waals surface area contributed by atoms with E-state index in [4.69, 9.17) is 4.52 Å². The molecule has 0 saturated carbocycles. The van der Waals surface area contributed by atoms with Crippen molar-refractivity contribution in [2.45, 2.75) is 45.1 Å². The maximum atomic E-state index is 12.6. The molecule has 2 aromatic heterocycles. The second kappa shape index (κ2) is 9.22. The molecule has 0 N–H and O–H groups in total. The summed E-state index contributed by atoms with van der Waals surface area (Å²) in [5, 5.41) is 4.18. The van der Waals surface area contributed by atoms with Crippen LogP contribution in [0, 0.1) is 6.92 Å². The molecule has 2 aromatic carbocycles. The highest BCUT2D eigenvalue weighted by atomic mass is 16.5. The quantitative estimate of drug-likeness (QED) is 0.411. The Balaban J connectivity index is 1.15. The largest absolute Gasteiger partial charge is 0.343 e. The van der Waals surface area contributed by atoms with Crippen molar-refractivity contribution in [1.82, 2.24) is 24.6 Å². The molecule has 0 bridgehead atoms. The fourth-order valence-electron chi connectivity index (χ4n) is 5.09. The molecule has 2 aliphatic rings. The van der Waals surface area contributed by atoms with E-state index in [0.29, 0.717) is 37.6 Å². The standard InChI is InChI=1S/C27H28N6O3/c1-18-4-7-21(8-5-18)33-16-20(15-25(33)35)27-29-26(30-36-27)19-6-9-23-22(14-19)28-17-32(23)13-10-24(34)31-11-2-3-12-31/h4-9,14,17,20H,2-3,10-13,15-16H2,1H3/t20-/m1/s1. The first-order valence-electron chi connectivity index (χ1n) is 12.5. The number of hydrogen-bond donors (Lipinski definition) is 0. The molecule has 1 atom stereocenters. The van der Waals surface area contributed by atoms with Gasteiger partial charge in [0.25, 0.3) is 0 Å². The molecule has 6 rings (SSSR count). The van der Waals surface area contributed by atoms with Gasteiger partial charge in [-0.05, 0) is 50.1 Å². The van der Waals surface area contributed by atoms with Gasteiger partial charge in [-0.1, -0.05) is 22.9 Å². The van der Waals surface area contributed by atoms with Crippen LogP contribution in [-0.4, -0.2) is 56.0 Å². The number of rotatable bonds is 6. The highest BCUT2D eigenvalue weighted by Crippen LogP contribution is 2.32. The average molecular weight is 485 g/mol. The number of carbonyl (C=O) groups is 2. The van der Waals surface area contributed by atoms with Crippen molar-refractivity contribution in [3.8, 4) is 11.4 Å². The van der Waals surface area contributed by atoms with E-state index in [2.05, 4.69) is 15.1 Å². The van der Waals surface area contributed by atoms with E-state index in [1.807, 2.05) is 58.9 Å². The van der Waals surface area contributed by atoms with Gasteiger partial charge in [-0.25, -0.2) is 4.98 Å². The Morgan fingerprint density at radius 1 is 1.11 bits per heavy atom. The molecule has 4 heterocycles. The van der Waals surface area contributed by atoms with Crippen molar-refractivity contribution >= 4 is 28.5 Å². The highest BCUT2D eigenvalue weighted by Gasteiger charge is 2.35. The van der Waals surface area contributed by atoms with Crippen LogP contribution >= 0.6 is 0 Å². The minimum Gasteiger partial charge on any atom is -0.343 e. The van der Waals surface area contributed by atoms with Gasteiger partial charge in [0.2, 0.25) is 23.5 Å². The maximum absolute atomic E-state index is 12.6. The summed E-state index contributed by atoms with van der Waals surface area (Å²) in [6.07, 6.45) is 4.79. The summed E-state index contributed by atoms with van der Waals surface area (Å²) in [6, 6.07) is 13.8. The molecule has 0 aliphatic carbocycles. The summed E-state index contributed by atoms with van der Waals surface area (Å²) in [5.74, 6) is 1.07. The first-order valence-corrected chi connectivity index (χ1v) is 12.5. The van der Waals surface area contributed by atoms with E-state index in [9.17, 15) is 9.59 Å². The number of hydrogen-bond acceptors (Lipinski definition) is 6. The molecule has 0 unspecified atom stereocenters. The van der Waals surface area contributed by atoms with Crippen LogP contribution in [0.5, 0.6) is 0 Å². The van der Waals surface area contributed by atoms with Gasteiger partial charge in [0.05, 0.1) is 23.3 Å². The van der Waals surface area contributed by atoms with E-state index >= 15 is 0 Å². The van der Waals surface area contributed by atoms with Gasteiger partial charge < -0.3 is 18.9 Å². The van der Waals surface area contributed by atoms with Crippen LogP contribution in [0.15, 0.2) is 53.3 Å². The molecule has 0 spiro atoms. The second-order valence-corrected chi connectivity index (χ2v) is 9.68. The van der Waals surface area contributed by atoms with E-state index in [0.717, 1.165) is 53.8 Å². The van der Waals surface area contributed by atoms with Crippen molar-refractivity contribution in [1.29, 1.82) is 0 Å². The van der Waals surface area contributed by atoms with Crippen molar-refractivity contribution in [2.75, 3.05) is 24.5 Å². The summed E-state index contributed by atoms with van der Waals surface area (Å²) in [4.78, 5) is 37.9. The van der Waals surface area contributed by atoms with Crippen molar-refractivity contribution < 1.29 is 14.1 Å². The minimum atomic E-state index is -0.142. The molecular formula is C27H28N6O3. The lowest BCUT2D eigenvalue weighted by molar-refractivity contribution is -0.130. The number of amides is 2. The van der Waals surface area contributed by atoms with Crippen LogP contribution in [0.2, 0.25) is 0 Å². The van der Waals surface area contributed by atoms with Gasteiger partial charge in [-0.3, -0.25) is 9.59 Å². The third kappa shape index (κ3) is 4.25. The Bertz CT molecular complexity index is 1420. The van der Waals surface area contributed by atoms with Gasteiger partial charge in [0.15, 0.2) is 0 Å². The van der Waals surface area contributed by atoms with E-state index < -0.39 is 0 Å². The van der Waals surface area contributed by atoms with Crippen LogP contribution in [0.1, 0.15) is 43.1 Å². The fourth-order valence-corrected chi connectivity index (χ4v) is 5.09. The second-order valence-electron chi connectivity index (χ2n) is 9.68. The van der Waals surface area contributed by atoms with Crippen molar-refractivity contribution in [3.05, 3.63) is 60.2 Å². The molecule has 2 fully saturated rings. The zero-order valence-electron chi connectivity index (χ0n) is 20.3. The van der Waals surface area contributed by atoms with Crippen LogP contribution < -0.4 is 4.90 Å². The highest BCUT2D eigenvalue weighted by molar-refractivity contribution is 5.96. The first-order chi connectivity index (χ1) is 17.5. The molecule has 0 radical (unpaired) electrons. The zero-order chi connectivity index (χ0) is 24.6. The molecule has 2 saturated heterocycles. The SMILES string of the molecule is Cc1ccc(N2C[C@H](c3nc(-c4ccc5c(c4)ncn5CCC(=O)N4CCCC4)no3)CC2=O)cc1. The van der Waals surface area contributed by atoms with Crippen LogP contribution in [0.3, 0.4) is 0 Å². The predicted molar refractivity (Wildman–Crippen MR) is 134 cm³/mol. The Labute approximate surface area is 208 Å². The summed E-state index contributed by atoms with van der Waals surface area (Å²) < 4.78 is 7.59. The molecule has 2 aliphatic heterocycles. The first kappa shape index (κ1) is 22.5. The van der Waals surface area contributed by atoms with E-state index in [-0.39, 0.29) is 17.7 Å². The van der Waals surface area contributed by atoms with Crippen LogP contribution in [0.4, 0.5) is 5.69 Å². The number of imidazole rings is 1. The molecule has 9 heteroatoms. The van der Waals surface area contributed by atoms with Crippen molar-refractivity contribution in [3.63, 3.8) is 0 Å². The van der Waals surface area contributed by atoms with Gasteiger partial charge in [0, 0.05) is 50.3 Å². The molecule has 184 valence electrons. The monoisotopic (exact) mass is 484 g/mol. The Hall–Kier alpha value is -4.01. The number of benzene rings is 2. The minimum absolute atomic E-state index is 0.0544. The lowest BCUT2D eigenvalue weighted by atomic mass is 10.1. The normalized spacial score (nSPS) is 18.0. The topological polar surface area (TPSA) is 97.4 Å². The smallest absolute Gasteiger partial charge is 0.232 e. The maximum Gasteiger partial charge on any atom is 0.232 e. The Kier molecular flexibility index (Phi) is 5.75. The molecule has 9 nitrogen and oxygen atoms in total. The van der Waals surface area contributed by atoms with Crippen molar-refractivity contribution in [2.24, 2.45) is 0 Å². The molecule has 36 heavy (non-hydrogen) atoms. The third-order valence-electron chi connectivity index (χ3n) is 7.17. The Morgan fingerprint density at radius 3 is 2.72 bits per heavy atom. The number of fused-ring (bicyclic) bond motifs is 1. The molecule has 2 amide bonds. The number of aryl methyl sites for hydroxylation is 2. The van der Waals surface area contributed by atoms with Crippen LogP contribution in [-0.2, 0) is 16.1 Å². The lowest BCUT2D eigenvalue weighted by Crippen LogP contribution is -2.28. The number of aromatic nitrogens is 4. The summed E-state index contributed by atoms with van der Waals surface area (Å²) >= 11 is 0. The average Bonchev–Trinajstić information content (AvgIpc) is 3.69. The number of likely N-dealkylation sites (tertiary alicyclic amines) is 1. The van der Waals surface area contributed by atoms with Gasteiger partial charge in [-0.15, -0.1) is 0 Å². The summed E-state index contributed by atoms with van der Waals surface area (Å²) in [6.45, 7) is 4.89. The Morgan fingerprint density at radius 2 is 1.92 bits per heavy atom. The third-order valence-corrected chi connectivity index (χ3v) is 7.17. The lowest BCUT2D eigenvalue weighted by Gasteiger charge is -2.16. The van der Waals surface area contributed by atoms with Crippen LogP contribution in [0.25, 0.3) is 22.4 Å². The van der Waals surface area contributed by atoms with E-state index in [1.54, 1.807) is 11.2 Å². The predicted octanol–water partition coefficient (Wildman–Crippen LogP) is 3.93. The van der Waals surface area contributed by atoms with Gasteiger partial charge in [0.1, 0.15) is 0 Å². The van der Waals surface area contributed by atoms with Gasteiger partial charge >= 0.3 is 0 Å². The number of nitrogens with zero attached hydrogens (tertiary/aromatic N) is 6. The molecule has 4 aromatic rings. The zero-order valence-corrected chi connectivity index (χ0v) is 20.3. The summed E-state index contributed by atoms with van der Waals surface area (Å²) in [7, 11) is 0. The summed E-state index contributed by atoms with van der Waals surface area (Å²) in [5.41, 5.74) is 4.62. The fraction of sp³-hybridized carbons (Fsp3) is 0.370. The number of anilines is 1. The van der Waals surface area contributed by atoms with Gasteiger partial charge in [-0.2, -0.15) is 4.98 Å². The molecular weight excluding hydrogens is 456 g/mol.